The molecule has 1 N–H and O–H groups in total. The lowest BCUT2D eigenvalue weighted by atomic mass is 10.2. The molecule has 2 rings (SSSR count). The molecule has 4 nitrogen and oxygen atoms in total. The molecule has 1 aliphatic rings. The van der Waals surface area contributed by atoms with Crippen molar-refractivity contribution in [1.29, 1.82) is 0 Å². The van der Waals surface area contributed by atoms with Crippen molar-refractivity contribution in [3.05, 3.63) is 23.4 Å². The van der Waals surface area contributed by atoms with Crippen LogP contribution in [0.5, 0.6) is 5.88 Å². The number of morpholine rings is 1. The minimum absolute atomic E-state index is 0.0572. The van der Waals surface area contributed by atoms with E-state index in [1.165, 1.54) is 0 Å². The normalized spacial score (nSPS) is 25.4. The van der Waals surface area contributed by atoms with Crippen LogP contribution in [0.25, 0.3) is 0 Å². The maximum absolute atomic E-state index is 5.93. The second-order valence-electron chi connectivity index (χ2n) is 3.83. The van der Waals surface area contributed by atoms with Crippen molar-refractivity contribution in [1.82, 2.24) is 10.3 Å². The van der Waals surface area contributed by atoms with Crippen molar-refractivity contribution in [3.63, 3.8) is 0 Å². The monoisotopic (exact) mass is 242 g/mol. The molecule has 0 aromatic carbocycles. The maximum atomic E-state index is 5.93. The molecule has 16 heavy (non-hydrogen) atoms. The Morgan fingerprint density at radius 1 is 1.62 bits per heavy atom. The summed E-state index contributed by atoms with van der Waals surface area (Å²) in [6.45, 7) is 4.19. The quantitative estimate of drug-likeness (QED) is 0.872. The third-order valence-electron chi connectivity index (χ3n) is 2.36. The van der Waals surface area contributed by atoms with E-state index in [4.69, 9.17) is 21.1 Å². The minimum atomic E-state index is 0.0572. The van der Waals surface area contributed by atoms with Gasteiger partial charge in [0.25, 0.3) is 0 Å². The van der Waals surface area contributed by atoms with Crippen LogP contribution in [0.1, 0.15) is 6.92 Å². The van der Waals surface area contributed by atoms with E-state index in [9.17, 15) is 0 Å². The van der Waals surface area contributed by atoms with Crippen LogP contribution in [0.2, 0.25) is 5.02 Å². The van der Waals surface area contributed by atoms with E-state index >= 15 is 0 Å². The second-order valence-corrected chi connectivity index (χ2v) is 4.24. The Labute approximate surface area is 99.9 Å². The predicted octanol–water partition coefficient (Wildman–Crippen LogP) is 1.49. The molecule has 0 amide bonds. The average Bonchev–Trinajstić information content (AvgIpc) is 2.28. The van der Waals surface area contributed by atoms with E-state index in [1.54, 1.807) is 18.3 Å². The number of aromatic nitrogens is 1. The highest BCUT2D eigenvalue weighted by Crippen LogP contribution is 2.20. The molecule has 1 saturated heterocycles. The predicted molar refractivity (Wildman–Crippen MR) is 61.9 cm³/mol. The van der Waals surface area contributed by atoms with E-state index in [2.05, 4.69) is 10.3 Å². The molecule has 0 spiro atoms. The summed E-state index contributed by atoms with van der Waals surface area (Å²) in [7, 11) is 0. The smallest absolute Gasteiger partial charge is 0.232 e. The van der Waals surface area contributed by atoms with Crippen LogP contribution in [0.15, 0.2) is 18.3 Å². The summed E-state index contributed by atoms with van der Waals surface area (Å²) in [6.07, 6.45) is 1.94. The van der Waals surface area contributed by atoms with Gasteiger partial charge in [0, 0.05) is 19.3 Å². The first-order valence-corrected chi connectivity index (χ1v) is 5.73. The van der Waals surface area contributed by atoms with Crippen molar-refractivity contribution < 1.29 is 9.47 Å². The number of rotatable bonds is 3. The topological polar surface area (TPSA) is 43.4 Å². The van der Waals surface area contributed by atoms with Gasteiger partial charge in [-0.15, -0.1) is 0 Å². The third-order valence-corrected chi connectivity index (χ3v) is 2.65. The van der Waals surface area contributed by atoms with Gasteiger partial charge in [-0.25, -0.2) is 4.98 Å². The molecule has 0 radical (unpaired) electrons. The summed E-state index contributed by atoms with van der Waals surface area (Å²) < 4.78 is 11.2. The van der Waals surface area contributed by atoms with Crippen molar-refractivity contribution in [3.8, 4) is 5.88 Å². The van der Waals surface area contributed by atoms with Crippen molar-refractivity contribution in [2.45, 2.75) is 19.1 Å². The fraction of sp³-hybridized carbons (Fsp3) is 0.545. The van der Waals surface area contributed by atoms with Crippen molar-refractivity contribution in [2.75, 3.05) is 19.7 Å². The first kappa shape index (κ1) is 11.6. The van der Waals surface area contributed by atoms with E-state index in [0.717, 1.165) is 13.1 Å². The summed E-state index contributed by atoms with van der Waals surface area (Å²) in [5, 5.41) is 3.80. The van der Waals surface area contributed by atoms with Gasteiger partial charge in [0.1, 0.15) is 17.7 Å². The van der Waals surface area contributed by atoms with Crippen LogP contribution in [0.4, 0.5) is 0 Å². The summed E-state index contributed by atoms with van der Waals surface area (Å²) in [4.78, 5) is 4.05. The molecule has 0 saturated carbocycles. The molecule has 0 bridgehead atoms. The molecule has 1 aromatic heterocycles. The highest BCUT2D eigenvalue weighted by atomic mass is 35.5. The number of halogens is 1. The van der Waals surface area contributed by atoms with Crippen LogP contribution >= 0.6 is 11.6 Å². The number of pyridine rings is 1. The van der Waals surface area contributed by atoms with E-state index in [1.807, 2.05) is 6.92 Å². The molecule has 0 aliphatic carbocycles. The second kappa shape index (κ2) is 5.48. The zero-order valence-corrected chi connectivity index (χ0v) is 9.91. The fourth-order valence-electron chi connectivity index (χ4n) is 1.62. The van der Waals surface area contributed by atoms with E-state index < -0.39 is 0 Å². The van der Waals surface area contributed by atoms with Gasteiger partial charge in [0.2, 0.25) is 5.88 Å². The van der Waals surface area contributed by atoms with E-state index in [-0.39, 0.29) is 12.2 Å². The van der Waals surface area contributed by atoms with Gasteiger partial charge in [-0.3, -0.25) is 0 Å². The standard InChI is InChI=1S/C11H15ClN2O2/c1-8-5-13-6-9(16-8)7-15-11-10(12)3-2-4-14-11/h2-4,8-9,13H,5-7H2,1H3. The maximum Gasteiger partial charge on any atom is 0.232 e. The first-order valence-electron chi connectivity index (χ1n) is 5.35. The molecule has 2 heterocycles. The zero-order valence-electron chi connectivity index (χ0n) is 9.15. The van der Waals surface area contributed by atoms with E-state index in [0.29, 0.717) is 17.5 Å². The fourth-order valence-corrected chi connectivity index (χ4v) is 1.80. The molecule has 1 fully saturated rings. The van der Waals surface area contributed by atoms with Crippen LogP contribution in [0, 0.1) is 0 Å². The van der Waals surface area contributed by atoms with Gasteiger partial charge in [-0.1, -0.05) is 11.6 Å². The Hall–Kier alpha value is -0.840. The molecule has 2 unspecified atom stereocenters. The highest BCUT2D eigenvalue weighted by molar-refractivity contribution is 6.31. The van der Waals surface area contributed by atoms with Crippen LogP contribution in [0.3, 0.4) is 0 Å². The van der Waals surface area contributed by atoms with Gasteiger partial charge in [-0.05, 0) is 19.1 Å². The minimum Gasteiger partial charge on any atom is -0.474 e. The average molecular weight is 243 g/mol. The molecular formula is C11H15ClN2O2. The zero-order chi connectivity index (χ0) is 11.4. The lowest BCUT2D eigenvalue weighted by molar-refractivity contribution is -0.0476. The Bertz CT molecular complexity index is 349. The van der Waals surface area contributed by atoms with Crippen molar-refractivity contribution >= 4 is 11.6 Å². The molecule has 1 aromatic rings. The van der Waals surface area contributed by atoms with Crippen LogP contribution in [-0.2, 0) is 4.74 Å². The number of nitrogens with one attached hydrogen (secondary N) is 1. The number of hydrogen-bond acceptors (Lipinski definition) is 4. The molecule has 5 heteroatoms. The largest absolute Gasteiger partial charge is 0.474 e. The molecule has 88 valence electrons. The SMILES string of the molecule is CC1CNCC(COc2ncccc2Cl)O1. The van der Waals surface area contributed by atoms with Gasteiger partial charge in [0.15, 0.2) is 0 Å². The lowest BCUT2D eigenvalue weighted by Gasteiger charge is -2.28. The molecule has 1 aliphatic heterocycles. The summed E-state index contributed by atoms with van der Waals surface area (Å²) in [6, 6.07) is 3.53. The Kier molecular flexibility index (Phi) is 3.98. The molecular weight excluding hydrogens is 228 g/mol. The lowest BCUT2D eigenvalue weighted by Crippen LogP contribution is -2.45. The summed E-state index contributed by atoms with van der Waals surface area (Å²) in [5.41, 5.74) is 0. The number of hydrogen-bond donors (Lipinski definition) is 1. The summed E-state index contributed by atoms with van der Waals surface area (Å²) >= 11 is 5.93. The van der Waals surface area contributed by atoms with Crippen LogP contribution < -0.4 is 10.1 Å². The Morgan fingerprint density at radius 3 is 3.25 bits per heavy atom. The van der Waals surface area contributed by atoms with Gasteiger partial charge in [-0.2, -0.15) is 0 Å². The summed E-state index contributed by atoms with van der Waals surface area (Å²) in [5.74, 6) is 0.464. The number of ether oxygens (including phenoxy) is 2. The third kappa shape index (κ3) is 3.07. The Balaban J connectivity index is 1.85. The highest BCUT2D eigenvalue weighted by Gasteiger charge is 2.19. The van der Waals surface area contributed by atoms with Gasteiger partial charge in [0.05, 0.1) is 6.10 Å². The van der Waals surface area contributed by atoms with Gasteiger partial charge >= 0.3 is 0 Å². The van der Waals surface area contributed by atoms with Gasteiger partial charge < -0.3 is 14.8 Å². The van der Waals surface area contributed by atoms with Crippen molar-refractivity contribution in [2.24, 2.45) is 0 Å². The van der Waals surface area contributed by atoms with Crippen LogP contribution in [-0.4, -0.2) is 36.9 Å². The molecule has 2 atom stereocenters. The first-order chi connectivity index (χ1) is 7.75. The Morgan fingerprint density at radius 2 is 2.50 bits per heavy atom. The number of nitrogens with zero attached hydrogens (tertiary/aromatic N) is 1.